The molecule has 0 amide bonds. The zero-order valence-electron chi connectivity index (χ0n) is 19.1. The van der Waals surface area contributed by atoms with Crippen LogP contribution >= 0.6 is 0 Å². The number of rotatable bonds is 14. The number of hydrogen-bond acceptors (Lipinski definition) is 0. The number of halogens is 27. The van der Waals surface area contributed by atoms with E-state index >= 15 is 0 Å². The fraction of sp³-hybridized carbons (Fsp3) is 1.00. The van der Waals surface area contributed by atoms with Crippen LogP contribution in [0.25, 0.3) is 0 Å². The lowest BCUT2D eigenvalue weighted by atomic mass is 9.83. The summed E-state index contributed by atoms with van der Waals surface area (Å²) in [5, 5.41) is 0. The van der Waals surface area contributed by atoms with Gasteiger partial charge >= 0.3 is 77.5 Å². The van der Waals surface area contributed by atoms with Crippen LogP contribution in [0.4, 0.5) is 119 Å². The molecule has 1 atom stereocenters. The van der Waals surface area contributed by atoms with Gasteiger partial charge in [-0.3, -0.25) is 0 Å². The molecular weight excluding hydrogens is 705 g/mol. The molecule has 0 heterocycles. The molecule has 0 aromatic rings. The first kappa shape index (κ1) is 41.1. The summed E-state index contributed by atoms with van der Waals surface area (Å²) >= 11 is 0. The second-order valence-corrected chi connectivity index (χ2v) is 8.17. The largest absolute Gasteiger partial charge is 0.385 e. The van der Waals surface area contributed by atoms with Crippen molar-refractivity contribution in [3.8, 4) is 0 Å². The highest BCUT2D eigenvalue weighted by Crippen LogP contribution is 2.68. The highest BCUT2D eigenvalue weighted by molar-refractivity contribution is 5.20. The molecule has 0 fully saturated rings. The van der Waals surface area contributed by atoms with Gasteiger partial charge in [0.05, 0.1) is 0 Å². The molecule has 0 aromatic carbocycles. The molecule has 0 N–H and O–H groups in total. The van der Waals surface area contributed by atoms with Gasteiger partial charge in [-0.05, 0) is 6.42 Å². The highest BCUT2D eigenvalue weighted by atomic mass is 19.4. The number of hydrogen-bond donors (Lipinski definition) is 0. The van der Waals surface area contributed by atoms with Crippen molar-refractivity contribution < 1.29 is 119 Å². The Morgan fingerprint density at radius 3 is 0.628 bits per heavy atom. The van der Waals surface area contributed by atoms with Gasteiger partial charge in [-0.2, -0.15) is 105 Å². The Morgan fingerprint density at radius 2 is 0.465 bits per heavy atom. The topological polar surface area (TPSA) is 0 Å². The van der Waals surface area contributed by atoms with Crippen LogP contribution in [0.3, 0.4) is 0 Å². The molecule has 1 unspecified atom stereocenters. The molecular formula is C16H7F27. The van der Waals surface area contributed by atoms with Gasteiger partial charge in [0.2, 0.25) is 0 Å². The maximum Gasteiger partial charge on any atom is 0.385 e. The predicted octanol–water partition coefficient (Wildman–Crippen LogP) is 9.62. The second kappa shape index (κ2) is 10.3. The fourth-order valence-electron chi connectivity index (χ4n) is 2.59. The minimum atomic E-state index is -9.71. The Bertz CT molecular complexity index is 987. The highest BCUT2D eigenvalue weighted by Gasteiger charge is 2.99. The van der Waals surface area contributed by atoms with Crippen molar-refractivity contribution in [1.29, 1.82) is 0 Å². The van der Waals surface area contributed by atoms with Crippen LogP contribution in [0.15, 0.2) is 0 Å². The Hall–Kier alpha value is -1.89. The Morgan fingerprint density at radius 1 is 0.302 bits per heavy atom. The molecule has 0 radical (unpaired) electrons. The molecule has 27 heteroatoms. The van der Waals surface area contributed by atoms with E-state index < -0.39 is 90.1 Å². The van der Waals surface area contributed by atoms with Gasteiger partial charge in [0, 0.05) is 0 Å². The predicted molar refractivity (Wildman–Crippen MR) is 80.6 cm³/mol. The zero-order chi connectivity index (χ0) is 35.9. The Balaban J connectivity index is 7.42. The maximum atomic E-state index is 13.7. The van der Waals surface area contributed by atoms with Gasteiger partial charge in [0.15, 0.2) is 6.17 Å². The van der Waals surface area contributed by atoms with Crippen LogP contribution in [0, 0.1) is 0 Å². The molecule has 0 saturated carbocycles. The molecule has 0 spiro atoms. The summed E-state index contributed by atoms with van der Waals surface area (Å²) in [6, 6.07) is 0. The third-order valence-corrected chi connectivity index (χ3v) is 5.41. The average Bonchev–Trinajstić information content (AvgIpc) is 2.81. The van der Waals surface area contributed by atoms with Crippen LogP contribution in [-0.4, -0.2) is 83.7 Å². The van der Waals surface area contributed by atoms with Gasteiger partial charge in [0.1, 0.15) is 0 Å². The van der Waals surface area contributed by atoms with E-state index in [4.69, 9.17) is 0 Å². The summed E-state index contributed by atoms with van der Waals surface area (Å²) in [5.74, 6) is -108. The van der Waals surface area contributed by atoms with Crippen molar-refractivity contribution in [2.45, 2.75) is 97.0 Å². The first-order valence-electron chi connectivity index (χ1n) is 9.63. The van der Waals surface area contributed by atoms with Gasteiger partial charge in [-0.15, -0.1) is 0 Å². The van der Waals surface area contributed by atoms with E-state index in [2.05, 4.69) is 0 Å². The molecule has 0 saturated heterocycles. The van der Waals surface area contributed by atoms with E-state index in [1.807, 2.05) is 0 Å². The third kappa shape index (κ3) is 4.72. The second-order valence-electron chi connectivity index (χ2n) is 8.17. The van der Waals surface area contributed by atoms with Gasteiger partial charge < -0.3 is 0 Å². The molecule has 0 aliphatic carbocycles. The van der Waals surface area contributed by atoms with E-state index in [0.29, 0.717) is 0 Å². The molecule has 0 aliphatic rings. The zero-order valence-corrected chi connectivity index (χ0v) is 19.1. The molecule has 260 valence electrons. The SMILES string of the molecule is CCC(F)C(F)(F)C(F)(F)C(F)(F)C(F)(F)C(F)(F)C(F)(F)C(F)(F)C(F)(F)C(F)(F)C(F)(F)C(F)(F)C(F)(F)C(F)F. The normalized spacial score (nSPS) is 17.5. The monoisotopic (exact) mass is 712 g/mol. The minimum absolute atomic E-state index is 0.0208. The van der Waals surface area contributed by atoms with Gasteiger partial charge in [-0.1, -0.05) is 6.92 Å². The molecule has 0 aromatic heterocycles. The molecule has 0 nitrogen and oxygen atoms in total. The number of alkyl halides is 27. The summed E-state index contributed by atoms with van der Waals surface area (Å²) in [5.41, 5.74) is 0. The van der Waals surface area contributed by atoms with Crippen LogP contribution in [0.5, 0.6) is 0 Å². The van der Waals surface area contributed by atoms with Crippen molar-refractivity contribution in [3.05, 3.63) is 0 Å². The van der Waals surface area contributed by atoms with E-state index in [1.54, 1.807) is 0 Å². The van der Waals surface area contributed by atoms with Crippen LogP contribution in [-0.2, 0) is 0 Å². The summed E-state index contributed by atoms with van der Waals surface area (Å²) in [4.78, 5) is 0. The van der Waals surface area contributed by atoms with Crippen molar-refractivity contribution in [1.82, 2.24) is 0 Å². The van der Waals surface area contributed by atoms with Crippen LogP contribution in [0.2, 0.25) is 0 Å². The standard InChI is InChI=1S/C16H7F27/c1-2-3(17)5(20,21)7(24,25)9(28,29)11(32,33)13(36,37)15(40,41)16(42,43)14(38,39)12(34,35)10(30,31)8(26,27)6(22,23)4(18)19/h3-4H,2H2,1H3. The molecule has 43 heavy (non-hydrogen) atoms. The molecule has 0 aliphatic heterocycles. The van der Waals surface area contributed by atoms with Crippen molar-refractivity contribution >= 4 is 0 Å². The van der Waals surface area contributed by atoms with E-state index in [0.717, 1.165) is 0 Å². The van der Waals surface area contributed by atoms with Crippen molar-refractivity contribution in [2.75, 3.05) is 0 Å². The van der Waals surface area contributed by atoms with Crippen molar-refractivity contribution in [2.24, 2.45) is 0 Å². The lowest BCUT2D eigenvalue weighted by molar-refractivity contribution is -0.480. The summed E-state index contributed by atoms with van der Waals surface area (Å²) in [6.45, 7) is 0.0208. The lowest BCUT2D eigenvalue weighted by Crippen LogP contribution is -2.78. The Labute approximate surface area is 217 Å². The molecule has 0 rings (SSSR count). The summed E-state index contributed by atoms with van der Waals surface area (Å²) in [6.07, 6.45) is -13.3. The van der Waals surface area contributed by atoms with Crippen LogP contribution in [0.1, 0.15) is 13.3 Å². The Kier molecular flexibility index (Phi) is 9.86. The van der Waals surface area contributed by atoms with Gasteiger partial charge in [0.25, 0.3) is 0 Å². The van der Waals surface area contributed by atoms with Gasteiger partial charge in [-0.25, -0.2) is 13.2 Å². The first-order valence-corrected chi connectivity index (χ1v) is 9.63. The van der Waals surface area contributed by atoms with E-state index in [1.165, 1.54) is 0 Å². The summed E-state index contributed by atoms with van der Waals surface area (Å²) in [7, 11) is 0. The minimum Gasteiger partial charge on any atom is -0.241 e. The third-order valence-electron chi connectivity index (χ3n) is 5.41. The quantitative estimate of drug-likeness (QED) is 0.158. The van der Waals surface area contributed by atoms with Crippen molar-refractivity contribution in [3.63, 3.8) is 0 Å². The maximum absolute atomic E-state index is 13.7. The fourth-order valence-corrected chi connectivity index (χ4v) is 2.59. The van der Waals surface area contributed by atoms with E-state index in [-0.39, 0.29) is 6.92 Å². The summed E-state index contributed by atoms with van der Waals surface area (Å²) < 4.78 is 359. The van der Waals surface area contributed by atoms with Crippen LogP contribution < -0.4 is 0 Å². The smallest absolute Gasteiger partial charge is 0.241 e. The van der Waals surface area contributed by atoms with E-state index in [9.17, 15) is 119 Å². The first-order chi connectivity index (χ1) is 18.2. The average molecular weight is 712 g/mol. The lowest BCUT2D eigenvalue weighted by Gasteiger charge is -2.46. The molecule has 0 bridgehead atoms.